The maximum atomic E-state index is 14.3. The van der Waals surface area contributed by atoms with Crippen LogP contribution in [0.15, 0.2) is 64.4 Å². The Bertz CT molecular complexity index is 1510. The molecule has 10 heteroatoms. The number of aromatic nitrogens is 2. The third kappa shape index (κ3) is 6.70. The van der Waals surface area contributed by atoms with Gasteiger partial charge in [0.2, 0.25) is 0 Å². The SMILES string of the molecule is CCOC(=O)C1C(C)=Nc2c(c(N3CCN(Cc4ccccc4F)CC3)nc(=O)n2CCCN(C)C)C1c1ccccc1. The Morgan fingerprint density at radius 1 is 1.05 bits per heavy atom. The van der Waals surface area contributed by atoms with Crippen molar-refractivity contribution in [2.24, 2.45) is 10.9 Å². The summed E-state index contributed by atoms with van der Waals surface area (Å²) in [5.74, 6) is -0.488. The van der Waals surface area contributed by atoms with Gasteiger partial charge in [0.15, 0.2) is 0 Å². The van der Waals surface area contributed by atoms with E-state index in [-0.39, 0.29) is 24.1 Å². The first-order valence-corrected chi connectivity index (χ1v) is 15.1. The summed E-state index contributed by atoms with van der Waals surface area (Å²) in [6, 6.07) is 16.7. The van der Waals surface area contributed by atoms with Crippen LogP contribution in [0.4, 0.5) is 16.0 Å². The van der Waals surface area contributed by atoms with Gasteiger partial charge in [-0.25, -0.2) is 14.2 Å². The van der Waals surface area contributed by atoms with E-state index < -0.39 is 11.8 Å². The van der Waals surface area contributed by atoms with Crippen molar-refractivity contribution in [3.8, 4) is 0 Å². The van der Waals surface area contributed by atoms with Gasteiger partial charge in [0.05, 0.1) is 6.61 Å². The van der Waals surface area contributed by atoms with E-state index in [2.05, 4.69) is 14.7 Å². The van der Waals surface area contributed by atoms with Gasteiger partial charge >= 0.3 is 11.7 Å². The second kappa shape index (κ2) is 13.6. The third-order valence-electron chi connectivity index (χ3n) is 8.26. The molecular weight excluding hydrogens is 547 g/mol. The molecule has 2 unspecified atom stereocenters. The number of halogens is 1. The fourth-order valence-electron chi connectivity index (χ4n) is 6.12. The zero-order chi connectivity index (χ0) is 30.5. The van der Waals surface area contributed by atoms with Crippen LogP contribution in [0, 0.1) is 11.7 Å². The molecule has 2 aliphatic heterocycles. The molecule has 0 spiro atoms. The number of carbonyl (C=O) groups is 1. The van der Waals surface area contributed by atoms with Gasteiger partial charge in [0.25, 0.3) is 0 Å². The minimum atomic E-state index is -0.648. The summed E-state index contributed by atoms with van der Waals surface area (Å²) in [5, 5.41) is 0. The molecule has 5 rings (SSSR count). The molecule has 1 aromatic heterocycles. The molecule has 1 fully saturated rings. The Labute approximate surface area is 252 Å². The molecule has 2 atom stereocenters. The molecule has 0 radical (unpaired) electrons. The number of anilines is 1. The summed E-state index contributed by atoms with van der Waals surface area (Å²) in [4.78, 5) is 43.2. The van der Waals surface area contributed by atoms with E-state index in [0.29, 0.717) is 62.2 Å². The molecule has 9 nitrogen and oxygen atoms in total. The highest BCUT2D eigenvalue weighted by atomic mass is 19.1. The highest BCUT2D eigenvalue weighted by Crippen LogP contribution is 2.46. The van der Waals surface area contributed by atoms with Crippen molar-refractivity contribution < 1.29 is 13.9 Å². The number of fused-ring (bicyclic) bond motifs is 1. The first-order valence-electron chi connectivity index (χ1n) is 15.1. The van der Waals surface area contributed by atoms with Gasteiger partial charge in [-0.3, -0.25) is 14.3 Å². The fourth-order valence-corrected chi connectivity index (χ4v) is 6.12. The number of nitrogens with zero attached hydrogens (tertiary/aromatic N) is 6. The Balaban J connectivity index is 1.57. The molecule has 3 aromatic rings. The van der Waals surface area contributed by atoms with Crippen LogP contribution in [0.25, 0.3) is 0 Å². The zero-order valence-corrected chi connectivity index (χ0v) is 25.5. The molecule has 0 aliphatic carbocycles. The topological polar surface area (TPSA) is 83.3 Å². The molecular formula is C33H41FN6O3. The van der Waals surface area contributed by atoms with E-state index in [0.717, 1.165) is 24.1 Å². The zero-order valence-electron chi connectivity index (χ0n) is 25.5. The average Bonchev–Trinajstić information content (AvgIpc) is 2.99. The van der Waals surface area contributed by atoms with Gasteiger partial charge in [-0.15, -0.1) is 0 Å². The van der Waals surface area contributed by atoms with Crippen LogP contribution in [-0.2, 0) is 22.6 Å². The highest BCUT2D eigenvalue weighted by molar-refractivity contribution is 6.05. The van der Waals surface area contributed by atoms with Crippen LogP contribution < -0.4 is 10.6 Å². The molecule has 2 aliphatic rings. The van der Waals surface area contributed by atoms with Crippen LogP contribution in [0.5, 0.6) is 0 Å². The van der Waals surface area contributed by atoms with Crippen molar-refractivity contribution in [3.05, 3.63) is 87.6 Å². The van der Waals surface area contributed by atoms with Gasteiger partial charge in [0.1, 0.15) is 23.4 Å². The highest BCUT2D eigenvalue weighted by Gasteiger charge is 2.43. The summed E-state index contributed by atoms with van der Waals surface area (Å²) >= 11 is 0. The maximum Gasteiger partial charge on any atom is 0.351 e. The Hall–Kier alpha value is -3.89. The van der Waals surface area contributed by atoms with Gasteiger partial charge in [-0.1, -0.05) is 48.5 Å². The lowest BCUT2D eigenvalue weighted by Gasteiger charge is -2.39. The lowest BCUT2D eigenvalue weighted by atomic mass is 9.76. The van der Waals surface area contributed by atoms with E-state index in [1.54, 1.807) is 17.6 Å². The van der Waals surface area contributed by atoms with Crippen molar-refractivity contribution in [1.29, 1.82) is 0 Å². The Morgan fingerprint density at radius 2 is 1.74 bits per heavy atom. The molecule has 3 heterocycles. The Morgan fingerprint density at radius 3 is 2.42 bits per heavy atom. The van der Waals surface area contributed by atoms with Gasteiger partial charge in [-0.2, -0.15) is 4.98 Å². The number of rotatable bonds is 10. The smallest absolute Gasteiger partial charge is 0.351 e. The van der Waals surface area contributed by atoms with Crippen molar-refractivity contribution in [3.63, 3.8) is 0 Å². The van der Waals surface area contributed by atoms with E-state index in [1.165, 1.54) is 6.07 Å². The largest absolute Gasteiger partial charge is 0.465 e. The van der Waals surface area contributed by atoms with E-state index >= 15 is 0 Å². The van der Waals surface area contributed by atoms with Crippen molar-refractivity contribution >= 4 is 23.3 Å². The van der Waals surface area contributed by atoms with Crippen molar-refractivity contribution in [1.82, 2.24) is 19.4 Å². The normalized spacial score (nSPS) is 18.8. The van der Waals surface area contributed by atoms with Gasteiger partial charge < -0.3 is 14.5 Å². The van der Waals surface area contributed by atoms with Crippen LogP contribution in [0.1, 0.15) is 42.9 Å². The number of esters is 1. The van der Waals surface area contributed by atoms with Gasteiger partial charge in [0, 0.05) is 62.0 Å². The molecule has 0 saturated carbocycles. The second-order valence-corrected chi connectivity index (χ2v) is 11.5. The molecule has 0 N–H and O–H groups in total. The van der Waals surface area contributed by atoms with Gasteiger partial charge in [-0.05, 0) is 52.5 Å². The number of benzene rings is 2. The standard InChI is InChI=1S/C33H41FN6O3/c1-5-43-32(41)27-23(2)35-31-29(28(27)24-12-7-6-8-13-24)30(36-33(42)40(31)17-11-16-37(3)4)39-20-18-38(19-21-39)22-25-14-9-10-15-26(25)34/h6-10,12-15,27-28H,5,11,16-22H2,1-4H3. The average molecular weight is 589 g/mol. The minimum Gasteiger partial charge on any atom is -0.465 e. The van der Waals surface area contributed by atoms with Crippen LogP contribution in [-0.4, -0.2) is 84.5 Å². The minimum absolute atomic E-state index is 0.206. The first-order chi connectivity index (χ1) is 20.8. The second-order valence-electron chi connectivity index (χ2n) is 11.5. The summed E-state index contributed by atoms with van der Waals surface area (Å²) in [5.41, 5.74) is 2.65. The molecule has 228 valence electrons. The number of piperazine rings is 1. The predicted molar refractivity (Wildman–Crippen MR) is 167 cm³/mol. The number of hydrogen-bond donors (Lipinski definition) is 0. The maximum absolute atomic E-state index is 14.3. The third-order valence-corrected chi connectivity index (χ3v) is 8.26. The number of ether oxygens (including phenoxy) is 1. The quantitative estimate of drug-likeness (QED) is 0.330. The van der Waals surface area contributed by atoms with Crippen molar-refractivity contribution in [2.45, 2.75) is 39.3 Å². The van der Waals surface area contributed by atoms with Crippen LogP contribution in [0.3, 0.4) is 0 Å². The number of hydrogen-bond acceptors (Lipinski definition) is 8. The molecule has 1 saturated heterocycles. The summed E-state index contributed by atoms with van der Waals surface area (Å²) in [7, 11) is 4.01. The summed E-state index contributed by atoms with van der Waals surface area (Å²) in [6.45, 7) is 8.25. The van der Waals surface area contributed by atoms with Crippen LogP contribution >= 0.6 is 0 Å². The van der Waals surface area contributed by atoms with E-state index in [4.69, 9.17) is 14.7 Å². The molecule has 0 amide bonds. The summed E-state index contributed by atoms with van der Waals surface area (Å²) in [6.07, 6.45) is 0.751. The molecule has 0 bridgehead atoms. The molecule has 43 heavy (non-hydrogen) atoms. The Kier molecular flexibility index (Phi) is 9.67. The lowest BCUT2D eigenvalue weighted by molar-refractivity contribution is -0.146. The fraction of sp³-hybridized carbons (Fsp3) is 0.455. The molecule has 2 aromatic carbocycles. The first kappa shape index (κ1) is 30.6. The number of carbonyl (C=O) groups excluding carboxylic acids is 1. The lowest BCUT2D eigenvalue weighted by Crippen LogP contribution is -2.48. The van der Waals surface area contributed by atoms with Crippen LogP contribution in [0.2, 0.25) is 0 Å². The van der Waals surface area contributed by atoms with E-state index in [1.807, 2.05) is 63.5 Å². The number of aliphatic imine (C=N–C) groups is 1. The summed E-state index contributed by atoms with van der Waals surface area (Å²) < 4.78 is 21.6. The van der Waals surface area contributed by atoms with E-state index in [9.17, 15) is 14.0 Å². The predicted octanol–water partition coefficient (Wildman–Crippen LogP) is 4.07. The monoisotopic (exact) mass is 588 g/mol. The van der Waals surface area contributed by atoms with Crippen molar-refractivity contribution in [2.75, 3.05) is 58.3 Å².